The average Bonchev–Trinajstić information content (AvgIpc) is 2.87. The molecule has 1 aliphatic rings. The average molecular weight is 305 g/mol. The first kappa shape index (κ1) is 14.4. The molecule has 0 bridgehead atoms. The summed E-state index contributed by atoms with van der Waals surface area (Å²) in [5.41, 5.74) is -0.682. The first-order chi connectivity index (χ1) is 8.74. The van der Waals surface area contributed by atoms with Gasteiger partial charge in [-0.15, -0.1) is 11.3 Å². The molecular formula is C11H15NO5S2. The molecule has 2 atom stereocenters. The van der Waals surface area contributed by atoms with Crippen molar-refractivity contribution in [1.29, 1.82) is 0 Å². The number of aromatic carboxylic acids is 1. The molecule has 0 radical (unpaired) electrons. The van der Waals surface area contributed by atoms with Crippen molar-refractivity contribution in [3.63, 3.8) is 0 Å². The first-order valence-electron chi connectivity index (χ1n) is 5.72. The third-order valence-electron chi connectivity index (χ3n) is 3.34. The number of nitrogens with one attached hydrogen (secondary N) is 1. The van der Waals surface area contributed by atoms with Gasteiger partial charge in [-0.05, 0) is 26.3 Å². The van der Waals surface area contributed by atoms with Crippen LogP contribution >= 0.6 is 11.3 Å². The van der Waals surface area contributed by atoms with Gasteiger partial charge in [-0.2, -0.15) is 0 Å². The van der Waals surface area contributed by atoms with Crippen molar-refractivity contribution in [2.75, 3.05) is 6.61 Å². The van der Waals surface area contributed by atoms with Crippen LogP contribution in [0.15, 0.2) is 15.7 Å². The highest BCUT2D eigenvalue weighted by Gasteiger charge is 2.41. The lowest BCUT2D eigenvalue weighted by Crippen LogP contribution is -2.50. The van der Waals surface area contributed by atoms with Crippen LogP contribution in [0.25, 0.3) is 0 Å². The third kappa shape index (κ3) is 2.81. The summed E-state index contributed by atoms with van der Waals surface area (Å²) in [5, 5.41) is 10.1. The SMILES string of the molecule is CC1OCCC1(C)NS(=O)(=O)c1cc(C(=O)O)cs1. The van der Waals surface area contributed by atoms with Crippen molar-refractivity contribution < 1.29 is 23.1 Å². The van der Waals surface area contributed by atoms with Crippen LogP contribution < -0.4 is 4.72 Å². The smallest absolute Gasteiger partial charge is 0.336 e. The fourth-order valence-electron chi connectivity index (χ4n) is 1.90. The second-order valence-corrected chi connectivity index (χ2v) is 7.57. The van der Waals surface area contributed by atoms with Crippen LogP contribution in [-0.2, 0) is 14.8 Å². The predicted molar refractivity (Wildman–Crippen MR) is 70.0 cm³/mol. The normalized spacial score (nSPS) is 27.6. The number of rotatable bonds is 4. The Balaban J connectivity index is 2.25. The summed E-state index contributed by atoms with van der Waals surface area (Å²) in [6.07, 6.45) is 0.367. The van der Waals surface area contributed by atoms with Gasteiger partial charge in [0.2, 0.25) is 0 Å². The molecule has 2 heterocycles. The van der Waals surface area contributed by atoms with Crippen LogP contribution in [-0.4, -0.2) is 37.7 Å². The molecule has 1 aromatic rings. The van der Waals surface area contributed by atoms with E-state index in [4.69, 9.17) is 9.84 Å². The monoisotopic (exact) mass is 305 g/mol. The molecule has 0 aromatic carbocycles. The van der Waals surface area contributed by atoms with Crippen molar-refractivity contribution >= 4 is 27.3 Å². The lowest BCUT2D eigenvalue weighted by Gasteiger charge is -2.28. The second kappa shape index (κ2) is 4.86. The van der Waals surface area contributed by atoms with Crippen molar-refractivity contribution in [2.24, 2.45) is 0 Å². The Kier molecular flexibility index (Phi) is 3.69. The summed E-state index contributed by atoms with van der Waals surface area (Å²) in [4.78, 5) is 10.8. The molecule has 1 saturated heterocycles. The summed E-state index contributed by atoms with van der Waals surface area (Å²) < 4.78 is 32.4. The third-order valence-corrected chi connectivity index (χ3v) is 6.39. The topological polar surface area (TPSA) is 92.7 Å². The zero-order chi connectivity index (χ0) is 14.3. The van der Waals surface area contributed by atoms with Crippen LogP contribution in [0.1, 0.15) is 30.6 Å². The summed E-state index contributed by atoms with van der Waals surface area (Å²) >= 11 is 0.896. The molecule has 0 amide bonds. The maximum absolute atomic E-state index is 12.2. The number of carbonyl (C=O) groups is 1. The highest BCUT2D eigenvalue weighted by molar-refractivity contribution is 7.91. The van der Waals surface area contributed by atoms with Crippen LogP contribution in [0, 0.1) is 0 Å². The zero-order valence-electron chi connectivity index (χ0n) is 10.5. The van der Waals surface area contributed by atoms with E-state index in [0.717, 1.165) is 11.3 Å². The zero-order valence-corrected chi connectivity index (χ0v) is 12.2. The lowest BCUT2D eigenvalue weighted by atomic mass is 9.97. The standard InChI is InChI=1S/C11H15NO5S2/c1-7-11(2,3-4-17-7)12-19(15,16)9-5-8(6-18-9)10(13)14/h5-7,12H,3-4H2,1-2H3,(H,13,14). The summed E-state index contributed by atoms with van der Waals surface area (Å²) in [7, 11) is -3.72. The molecule has 2 unspecified atom stereocenters. The van der Waals surface area contributed by atoms with Gasteiger partial charge in [0.1, 0.15) is 4.21 Å². The number of carboxylic acid groups (broad SMARTS) is 1. The van der Waals surface area contributed by atoms with Gasteiger partial charge in [0.25, 0.3) is 10.0 Å². The Bertz CT molecular complexity index is 594. The van der Waals surface area contributed by atoms with Crippen molar-refractivity contribution in [2.45, 2.75) is 36.1 Å². The minimum Gasteiger partial charge on any atom is -0.478 e. The second-order valence-electron chi connectivity index (χ2n) is 4.75. The molecule has 2 N–H and O–H groups in total. The maximum Gasteiger partial charge on any atom is 0.336 e. The van der Waals surface area contributed by atoms with Crippen molar-refractivity contribution in [1.82, 2.24) is 4.72 Å². The molecule has 8 heteroatoms. The fourth-order valence-corrected chi connectivity index (χ4v) is 4.54. The molecule has 0 saturated carbocycles. The van der Waals surface area contributed by atoms with E-state index in [0.29, 0.717) is 13.0 Å². The van der Waals surface area contributed by atoms with E-state index in [2.05, 4.69) is 4.72 Å². The molecule has 106 valence electrons. The van der Waals surface area contributed by atoms with Crippen LogP contribution in [0.4, 0.5) is 0 Å². The van der Waals surface area contributed by atoms with Gasteiger partial charge in [-0.1, -0.05) is 0 Å². The van der Waals surface area contributed by atoms with E-state index in [1.165, 1.54) is 11.4 Å². The van der Waals surface area contributed by atoms with Gasteiger partial charge >= 0.3 is 5.97 Å². The summed E-state index contributed by atoms with van der Waals surface area (Å²) in [5.74, 6) is -1.14. The number of hydrogen-bond donors (Lipinski definition) is 2. The number of sulfonamides is 1. The molecule has 0 spiro atoms. The van der Waals surface area contributed by atoms with Gasteiger partial charge in [0.05, 0.1) is 17.2 Å². The van der Waals surface area contributed by atoms with Crippen molar-refractivity contribution in [3.8, 4) is 0 Å². The number of thiophene rings is 1. The summed E-state index contributed by atoms with van der Waals surface area (Å²) in [6, 6.07) is 1.17. The van der Waals surface area contributed by atoms with Gasteiger partial charge in [-0.25, -0.2) is 17.9 Å². The number of carboxylic acids is 1. The highest BCUT2D eigenvalue weighted by atomic mass is 32.2. The quantitative estimate of drug-likeness (QED) is 0.874. The lowest BCUT2D eigenvalue weighted by molar-refractivity contribution is 0.0697. The molecule has 19 heavy (non-hydrogen) atoms. The Morgan fingerprint density at radius 2 is 2.32 bits per heavy atom. The van der Waals surface area contributed by atoms with Crippen LogP contribution in [0.3, 0.4) is 0 Å². The van der Waals surface area contributed by atoms with E-state index >= 15 is 0 Å². The molecule has 1 aliphatic heterocycles. The van der Waals surface area contributed by atoms with Crippen LogP contribution in [0.5, 0.6) is 0 Å². The molecule has 2 rings (SSSR count). The number of hydrogen-bond acceptors (Lipinski definition) is 5. The van der Waals surface area contributed by atoms with Gasteiger partial charge in [-0.3, -0.25) is 0 Å². The van der Waals surface area contributed by atoms with Gasteiger partial charge in [0, 0.05) is 12.0 Å². The molecule has 1 aromatic heterocycles. The Labute approximate surface area is 115 Å². The predicted octanol–water partition coefficient (Wildman–Crippen LogP) is 1.29. The molecular weight excluding hydrogens is 290 g/mol. The number of ether oxygens (including phenoxy) is 1. The first-order valence-corrected chi connectivity index (χ1v) is 8.08. The van der Waals surface area contributed by atoms with Gasteiger partial charge < -0.3 is 9.84 Å². The minimum atomic E-state index is -3.72. The Morgan fingerprint density at radius 3 is 2.79 bits per heavy atom. The van der Waals surface area contributed by atoms with E-state index in [1.54, 1.807) is 6.92 Å². The molecule has 6 nitrogen and oxygen atoms in total. The maximum atomic E-state index is 12.2. The summed E-state index contributed by atoms with van der Waals surface area (Å²) in [6.45, 7) is 4.10. The highest BCUT2D eigenvalue weighted by Crippen LogP contribution is 2.29. The van der Waals surface area contributed by atoms with E-state index < -0.39 is 21.5 Å². The largest absolute Gasteiger partial charge is 0.478 e. The Hall–Kier alpha value is -0.960. The van der Waals surface area contributed by atoms with Crippen molar-refractivity contribution in [3.05, 3.63) is 17.0 Å². The van der Waals surface area contributed by atoms with E-state index in [9.17, 15) is 13.2 Å². The van der Waals surface area contributed by atoms with E-state index in [-0.39, 0.29) is 15.9 Å². The van der Waals surface area contributed by atoms with Gasteiger partial charge in [0.15, 0.2) is 0 Å². The molecule has 0 aliphatic carbocycles. The fraction of sp³-hybridized carbons (Fsp3) is 0.545. The van der Waals surface area contributed by atoms with E-state index in [1.807, 2.05) is 6.92 Å². The van der Waals surface area contributed by atoms with Crippen LogP contribution in [0.2, 0.25) is 0 Å². The Morgan fingerprint density at radius 1 is 1.63 bits per heavy atom. The molecule has 1 fully saturated rings. The minimum absolute atomic E-state index is 0.00484.